The van der Waals surface area contributed by atoms with Crippen molar-refractivity contribution in [1.82, 2.24) is 19.6 Å². The maximum absolute atomic E-state index is 5.34. The molecule has 0 aromatic carbocycles. The van der Waals surface area contributed by atoms with Crippen molar-refractivity contribution >= 4 is 11.5 Å². The predicted octanol–water partition coefficient (Wildman–Crippen LogP) is 1.02. The number of anilines is 1. The van der Waals surface area contributed by atoms with Crippen LogP contribution in [0, 0.1) is 6.92 Å². The zero-order valence-corrected chi connectivity index (χ0v) is 9.76. The van der Waals surface area contributed by atoms with E-state index in [1.165, 1.54) is 0 Å². The van der Waals surface area contributed by atoms with Gasteiger partial charge in [-0.25, -0.2) is 4.98 Å². The molecule has 0 amide bonds. The number of nitrogens with one attached hydrogen (secondary N) is 1. The van der Waals surface area contributed by atoms with Crippen LogP contribution in [-0.2, 0) is 4.74 Å². The summed E-state index contributed by atoms with van der Waals surface area (Å²) in [4.78, 5) is 4.34. The molecular formula is C11H15N5O. The Morgan fingerprint density at radius 2 is 2.18 bits per heavy atom. The zero-order valence-electron chi connectivity index (χ0n) is 9.76. The van der Waals surface area contributed by atoms with E-state index in [4.69, 9.17) is 4.74 Å². The van der Waals surface area contributed by atoms with E-state index in [0.29, 0.717) is 6.04 Å². The van der Waals surface area contributed by atoms with Crippen molar-refractivity contribution in [3.8, 4) is 0 Å². The first-order valence-corrected chi connectivity index (χ1v) is 5.85. The molecule has 3 rings (SSSR count). The van der Waals surface area contributed by atoms with Gasteiger partial charge in [-0.3, -0.25) is 4.40 Å². The van der Waals surface area contributed by atoms with Gasteiger partial charge >= 0.3 is 0 Å². The molecule has 1 aliphatic rings. The van der Waals surface area contributed by atoms with E-state index in [-0.39, 0.29) is 0 Å². The second-order valence-corrected chi connectivity index (χ2v) is 4.25. The van der Waals surface area contributed by atoms with Crippen LogP contribution in [0.3, 0.4) is 0 Å². The van der Waals surface area contributed by atoms with Gasteiger partial charge in [-0.2, -0.15) is 0 Å². The Morgan fingerprint density at radius 3 is 3.00 bits per heavy atom. The molecule has 0 spiro atoms. The average Bonchev–Trinajstić information content (AvgIpc) is 2.74. The van der Waals surface area contributed by atoms with Gasteiger partial charge in [0.2, 0.25) is 5.65 Å². The van der Waals surface area contributed by atoms with E-state index >= 15 is 0 Å². The molecule has 6 nitrogen and oxygen atoms in total. The minimum Gasteiger partial charge on any atom is -0.381 e. The lowest BCUT2D eigenvalue weighted by Crippen LogP contribution is -2.28. The minimum absolute atomic E-state index is 0.416. The lowest BCUT2D eigenvalue weighted by molar-refractivity contribution is 0.0904. The van der Waals surface area contributed by atoms with Crippen molar-refractivity contribution in [2.24, 2.45) is 0 Å². The molecule has 2 aromatic heterocycles. The molecule has 2 aromatic rings. The first kappa shape index (κ1) is 10.5. The summed E-state index contributed by atoms with van der Waals surface area (Å²) in [6.07, 6.45) is 5.66. The summed E-state index contributed by atoms with van der Waals surface area (Å²) < 4.78 is 7.27. The maximum atomic E-state index is 5.34. The fourth-order valence-electron chi connectivity index (χ4n) is 2.08. The number of aromatic nitrogens is 4. The summed E-state index contributed by atoms with van der Waals surface area (Å²) in [5, 5.41) is 11.6. The quantitative estimate of drug-likeness (QED) is 0.839. The van der Waals surface area contributed by atoms with Crippen molar-refractivity contribution < 1.29 is 4.74 Å². The molecule has 3 heterocycles. The summed E-state index contributed by atoms with van der Waals surface area (Å²) in [5.41, 5.74) is 0.788. The van der Waals surface area contributed by atoms with Crippen LogP contribution in [0.2, 0.25) is 0 Å². The largest absolute Gasteiger partial charge is 0.381 e. The normalized spacial score (nSPS) is 17.5. The minimum atomic E-state index is 0.416. The standard InChI is InChI=1S/C11H15N5O/c1-8-14-15-11-10(12-4-5-16(8)11)13-9-2-6-17-7-3-9/h4-5,9H,2-3,6-7H2,1H3,(H,12,13). The summed E-state index contributed by atoms with van der Waals surface area (Å²) in [7, 11) is 0. The Kier molecular flexibility index (Phi) is 2.64. The van der Waals surface area contributed by atoms with E-state index in [2.05, 4.69) is 20.5 Å². The Morgan fingerprint density at radius 1 is 1.35 bits per heavy atom. The predicted molar refractivity (Wildman–Crippen MR) is 63.0 cm³/mol. The Bertz CT molecular complexity index is 518. The van der Waals surface area contributed by atoms with Gasteiger partial charge in [0.1, 0.15) is 5.82 Å². The number of fused-ring (bicyclic) bond motifs is 1. The number of hydrogen-bond acceptors (Lipinski definition) is 5. The van der Waals surface area contributed by atoms with Crippen molar-refractivity contribution in [3.05, 3.63) is 18.2 Å². The summed E-state index contributed by atoms with van der Waals surface area (Å²) in [6, 6.07) is 0.416. The van der Waals surface area contributed by atoms with Gasteiger partial charge < -0.3 is 10.1 Å². The third kappa shape index (κ3) is 1.95. The topological polar surface area (TPSA) is 64.3 Å². The second kappa shape index (κ2) is 4.29. The van der Waals surface area contributed by atoms with Crippen molar-refractivity contribution in [3.63, 3.8) is 0 Å². The molecule has 1 saturated heterocycles. The lowest BCUT2D eigenvalue weighted by atomic mass is 10.1. The van der Waals surface area contributed by atoms with Gasteiger partial charge in [0.05, 0.1) is 0 Å². The fraction of sp³-hybridized carbons (Fsp3) is 0.545. The van der Waals surface area contributed by atoms with E-state index in [9.17, 15) is 0 Å². The number of hydrogen-bond donors (Lipinski definition) is 1. The molecule has 0 atom stereocenters. The van der Waals surface area contributed by atoms with Gasteiger partial charge in [-0.05, 0) is 19.8 Å². The molecule has 0 radical (unpaired) electrons. The summed E-state index contributed by atoms with van der Waals surface area (Å²) in [6.45, 7) is 3.55. The molecule has 0 saturated carbocycles. The van der Waals surface area contributed by atoms with Gasteiger partial charge in [0, 0.05) is 31.6 Å². The van der Waals surface area contributed by atoms with Crippen LogP contribution in [0.4, 0.5) is 5.82 Å². The molecule has 1 N–H and O–H groups in total. The van der Waals surface area contributed by atoms with E-state index in [0.717, 1.165) is 43.3 Å². The molecule has 0 aliphatic carbocycles. The van der Waals surface area contributed by atoms with Crippen LogP contribution in [0.15, 0.2) is 12.4 Å². The molecule has 0 bridgehead atoms. The highest BCUT2D eigenvalue weighted by atomic mass is 16.5. The molecule has 1 fully saturated rings. The summed E-state index contributed by atoms with van der Waals surface area (Å²) >= 11 is 0. The number of ether oxygens (including phenoxy) is 1. The highest BCUT2D eigenvalue weighted by molar-refractivity contribution is 5.62. The third-order valence-electron chi connectivity index (χ3n) is 3.06. The Labute approximate surface area is 99.0 Å². The van der Waals surface area contributed by atoms with Crippen LogP contribution in [0.25, 0.3) is 5.65 Å². The highest BCUT2D eigenvalue weighted by Gasteiger charge is 2.16. The van der Waals surface area contributed by atoms with Gasteiger partial charge in [0.15, 0.2) is 5.82 Å². The third-order valence-corrected chi connectivity index (χ3v) is 3.06. The average molecular weight is 233 g/mol. The van der Waals surface area contributed by atoms with E-state index in [1.54, 1.807) is 6.20 Å². The molecule has 0 unspecified atom stereocenters. The van der Waals surface area contributed by atoms with Crippen molar-refractivity contribution in [2.45, 2.75) is 25.8 Å². The molecule has 90 valence electrons. The van der Waals surface area contributed by atoms with Crippen LogP contribution < -0.4 is 5.32 Å². The highest BCUT2D eigenvalue weighted by Crippen LogP contribution is 2.17. The van der Waals surface area contributed by atoms with Crippen LogP contribution >= 0.6 is 0 Å². The molecule has 6 heteroatoms. The van der Waals surface area contributed by atoms with Gasteiger partial charge in [-0.15, -0.1) is 10.2 Å². The first-order valence-electron chi connectivity index (χ1n) is 5.85. The molecular weight excluding hydrogens is 218 g/mol. The second-order valence-electron chi connectivity index (χ2n) is 4.25. The Balaban J connectivity index is 1.89. The van der Waals surface area contributed by atoms with Crippen LogP contribution in [0.5, 0.6) is 0 Å². The molecule has 1 aliphatic heterocycles. The number of aryl methyl sites for hydroxylation is 1. The number of rotatable bonds is 2. The SMILES string of the molecule is Cc1nnc2c(NC3CCOCC3)nccn12. The lowest BCUT2D eigenvalue weighted by Gasteiger charge is -2.23. The van der Waals surface area contributed by atoms with E-state index in [1.807, 2.05) is 17.5 Å². The number of nitrogens with zero attached hydrogens (tertiary/aromatic N) is 4. The first-order chi connectivity index (χ1) is 8.34. The maximum Gasteiger partial charge on any atom is 0.203 e. The fourth-order valence-corrected chi connectivity index (χ4v) is 2.08. The Hall–Kier alpha value is -1.69. The monoisotopic (exact) mass is 233 g/mol. The van der Waals surface area contributed by atoms with Crippen LogP contribution in [0.1, 0.15) is 18.7 Å². The zero-order chi connectivity index (χ0) is 11.7. The smallest absolute Gasteiger partial charge is 0.203 e. The van der Waals surface area contributed by atoms with Crippen molar-refractivity contribution in [2.75, 3.05) is 18.5 Å². The summed E-state index contributed by atoms with van der Waals surface area (Å²) in [5.74, 6) is 1.68. The van der Waals surface area contributed by atoms with E-state index < -0.39 is 0 Å². The van der Waals surface area contributed by atoms with Crippen molar-refractivity contribution in [1.29, 1.82) is 0 Å². The van der Waals surface area contributed by atoms with Crippen LogP contribution in [-0.4, -0.2) is 38.8 Å². The molecule has 17 heavy (non-hydrogen) atoms. The van der Waals surface area contributed by atoms with Gasteiger partial charge in [0.25, 0.3) is 0 Å². The van der Waals surface area contributed by atoms with Gasteiger partial charge in [-0.1, -0.05) is 0 Å².